The lowest BCUT2D eigenvalue weighted by molar-refractivity contribution is 0.0192. The second-order valence-electron chi connectivity index (χ2n) is 7.55. The van der Waals surface area contributed by atoms with Gasteiger partial charge in [0.1, 0.15) is 24.1 Å². The maximum absolute atomic E-state index is 12.0. The van der Waals surface area contributed by atoms with Gasteiger partial charge >= 0.3 is 6.09 Å². The van der Waals surface area contributed by atoms with Crippen LogP contribution in [0.3, 0.4) is 0 Å². The Morgan fingerprint density at radius 2 is 2.00 bits per heavy atom. The second kappa shape index (κ2) is 9.44. The number of carbonyl (C=O) groups excluding carboxylic acids is 1. The highest BCUT2D eigenvalue weighted by atomic mass is 35.5. The van der Waals surface area contributed by atoms with Crippen molar-refractivity contribution in [3.8, 4) is 5.75 Å². The molecule has 0 aromatic heterocycles. The molecule has 6 nitrogen and oxygen atoms in total. The third kappa shape index (κ3) is 7.02. The molecule has 1 aliphatic rings. The summed E-state index contributed by atoms with van der Waals surface area (Å²) < 4.78 is 10.9. The van der Waals surface area contributed by atoms with Gasteiger partial charge in [0, 0.05) is 25.7 Å². The molecule has 1 atom stereocenters. The number of ether oxygens (including phenoxy) is 2. The monoisotopic (exact) mass is 384 g/mol. The topological polar surface area (TPSA) is 71.0 Å². The normalized spacial score (nSPS) is 17.0. The average Bonchev–Trinajstić information content (AvgIpc) is 2.58. The lowest BCUT2D eigenvalue weighted by Crippen LogP contribution is -2.48. The number of rotatable bonds is 6. The Hall–Kier alpha value is -1.50. The number of nitrogens with one attached hydrogen (secondary N) is 1. The van der Waals surface area contributed by atoms with Crippen molar-refractivity contribution in [1.29, 1.82) is 0 Å². The van der Waals surface area contributed by atoms with Crippen LogP contribution >= 0.6 is 11.6 Å². The Morgan fingerprint density at radius 1 is 1.35 bits per heavy atom. The molecule has 1 unspecified atom stereocenters. The predicted octanol–water partition coefficient (Wildman–Crippen LogP) is 3.07. The van der Waals surface area contributed by atoms with E-state index in [1.165, 1.54) is 0 Å². The zero-order chi connectivity index (χ0) is 19.2. The second-order valence-corrected chi connectivity index (χ2v) is 7.95. The van der Waals surface area contributed by atoms with Crippen molar-refractivity contribution < 1.29 is 19.4 Å². The van der Waals surface area contributed by atoms with Crippen LogP contribution in [0.25, 0.3) is 0 Å². The van der Waals surface area contributed by atoms with Crippen LogP contribution in [0.1, 0.15) is 33.6 Å². The van der Waals surface area contributed by atoms with E-state index in [2.05, 4.69) is 5.32 Å². The quantitative estimate of drug-likeness (QED) is 0.788. The Balaban J connectivity index is 1.65. The summed E-state index contributed by atoms with van der Waals surface area (Å²) in [6, 6.07) is 7.46. The first-order valence-electron chi connectivity index (χ1n) is 9.01. The number of carbonyl (C=O) groups is 1. The number of piperidine rings is 1. The van der Waals surface area contributed by atoms with Crippen molar-refractivity contribution in [1.82, 2.24) is 10.2 Å². The maximum Gasteiger partial charge on any atom is 0.410 e. The van der Waals surface area contributed by atoms with E-state index >= 15 is 0 Å². The average molecular weight is 385 g/mol. The Morgan fingerprint density at radius 3 is 2.62 bits per heavy atom. The van der Waals surface area contributed by atoms with Gasteiger partial charge in [-0.05, 0) is 45.7 Å². The van der Waals surface area contributed by atoms with Crippen molar-refractivity contribution in [3.05, 3.63) is 29.3 Å². The minimum absolute atomic E-state index is 0.174. The molecule has 0 radical (unpaired) electrons. The van der Waals surface area contributed by atoms with Gasteiger partial charge in [0.15, 0.2) is 0 Å². The molecular formula is C19H29ClN2O4. The largest absolute Gasteiger partial charge is 0.489 e. The molecule has 1 fully saturated rings. The third-order valence-corrected chi connectivity index (χ3v) is 4.37. The fraction of sp³-hybridized carbons (Fsp3) is 0.632. The highest BCUT2D eigenvalue weighted by Crippen LogP contribution is 2.23. The van der Waals surface area contributed by atoms with E-state index in [0.717, 1.165) is 12.8 Å². The molecule has 1 aromatic rings. The molecule has 26 heavy (non-hydrogen) atoms. The highest BCUT2D eigenvalue weighted by Gasteiger charge is 2.26. The van der Waals surface area contributed by atoms with Gasteiger partial charge in [-0.15, -0.1) is 0 Å². The summed E-state index contributed by atoms with van der Waals surface area (Å²) in [5.74, 6) is 0.568. The fourth-order valence-electron chi connectivity index (χ4n) is 2.70. The van der Waals surface area contributed by atoms with Gasteiger partial charge in [-0.25, -0.2) is 4.79 Å². The van der Waals surface area contributed by atoms with Crippen molar-refractivity contribution in [2.45, 2.75) is 51.4 Å². The van der Waals surface area contributed by atoms with Gasteiger partial charge < -0.3 is 24.8 Å². The van der Waals surface area contributed by atoms with Gasteiger partial charge in [0.25, 0.3) is 0 Å². The van der Waals surface area contributed by atoms with Crippen LogP contribution in [-0.2, 0) is 4.74 Å². The van der Waals surface area contributed by atoms with Crippen LogP contribution < -0.4 is 10.1 Å². The van der Waals surface area contributed by atoms with Gasteiger partial charge in [-0.3, -0.25) is 0 Å². The smallest absolute Gasteiger partial charge is 0.410 e. The molecule has 0 saturated carbocycles. The standard InChI is InChI=1S/C19H29ClN2O4/c1-19(2,3)26-18(24)22-10-8-14(9-11-22)21-12-15(23)13-25-17-7-5-4-6-16(17)20/h4-7,14-15,21,23H,8-13H2,1-3H3. The Kier molecular flexibility index (Phi) is 7.55. The van der Waals surface area contributed by atoms with Gasteiger partial charge in [-0.2, -0.15) is 0 Å². The van der Waals surface area contributed by atoms with Gasteiger partial charge in [0.05, 0.1) is 5.02 Å². The number of halogens is 1. The van der Waals surface area contributed by atoms with E-state index in [1.54, 1.807) is 17.0 Å². The molecule has 0 spiro atoms. The van der Waals surface area contributed by atoms with E-state index < -0.39 is 11.7 Å². The summed E-state index contributed by atoms with van der Waals surface area (Å²) in [7, 11) is 0. The number of aliphatic hydroxyl groups excluding tert-OH is 1. The molecule has 146 valence electrons. The van der Waals surface area contributed by atoms with Crippen molar-refractivity contribution in [2.24, 2.45) is 0 Å². The molecule has 1 aromatic carbocycles. The molecule has 2 rings (SSSR count). The van der Waals surface area contributed by atoms with Crippen LogP contribution in [0.15, 0.2) is 24.3 Å². The summed E-state index contributed by atoms with van der Waals surface area (Å²) in [5.41, 5.74) is -0.474. The summed E-state index contributed by atoms with van der Waals surface area (Å²) in [6.07, 6.45) is 0.772. The molecule has 1 aliphatic heterocycles. The first kappa shape index (κ1) is 20.8. The van der Waals surface area contributed by atoms with E-state index in [-0.39, 0.29) is 18.7 Å². The number of nitrogens with zero attached hydrogens (tertiary/aromatic N) is 1. The van der Waals surface area contributed by atoms with Gasteiger partial charge in [0.2, 0.25) is 0 Å². The third-order valence-electron chi connectivity index (χ3n) is 4.06. The molecule has 1 amide bonds. The van der Waals surface area contributed by atoms with E-state index in [0.29, 0.717) is 30.4 Å². The highest BCUT2D eigenvalue weighted by molar-refractivity contribution is 6.32. The predicted molar refractivity (Wildman–Crippen MR) is 102 cm³/mol. The minimum Gasteiger partial charge on any atom is -0.489 e. The molecular weight excluding hydrogens is 356 g/mol. The zero-order valence-electron chi connectivity index (χ0n) is 15.7. The van der Waals surface area contributed by atoms with Crippen LogP contribution in [0.5, 0.6) is 5.75 Å². The minimum atomic E-state index is -0.629. The van der Waals surface area contributed by atoms with Crippen molar-refractivity contribution in [2.75, 3.05) is 26.2 Å². The summed E-state index contributed by atoms with van der Waals surface area (Å²) in [5, 5.41) is 14.0. The van der Waals surface area contributed by atoms with Crippen LogP contribution in [0.4, 0.5) is 4.79 Å². The summed E-state index contributed by atoms with van der Waals surface area (Å²) >= 11 is 6.02. The summed E-state index contributed by atoms with van der Waals surface area (Å²) in [4.78, 5) is 13.8. The fourth-order valence-corrected chi connectivity index (χ4v) is 2.89. The Labute approximate surface area is 160 Å². The Bertz CT molecular complexity index is 583. The SMILES string of the molecule is CC(C)(C)OC(=O)N1CCC(NCC(O)COc2ccccc2Cl)CC1. The molecule has 2 N–H and O–H groups in total. The number of para-hydroxylation sites is 1. The molecule has 0 bridgehead atoms. The lowest BCUT2D eigenvalue weighted by Gasteiger charge is -2.34. The number of likely N-dealkylation sites (tertiary alicyclic amines) is 1. The van der Waals surface area contributed by atoms with Crippen molar-refractivity contribution in [3.63, 3.8) is 0 Å². The van der Waals surface area contributed by atoms with Crippen LogP contribution in [0.2, 0.25) is 5.02 Å². The van der Waals surface area contributed by atoms with E-state index in [1.807, 2.05) is 32.9 Å². The van der Waals surface area contributed by atoms with Crippen molar-refractivity contribution >= 4 is 17.7 Å². The maximum atomic E-state index is 12.0. The number of benzene rings is 1. The first-order valence-corrected chi connectivity index (χ1v) is 9.39. The molecule has 0 aliphatic carbocycles. The molecule has 7 heteroatoms. The van der Waals surface area contributed by atoms with E-state index in [9.17, 15) is 9.90 Å². The lowest BCUT2D eigenvalue weighted by atomic mass is 10.1. The number of hydrogen-bond donors (Lipinski definition) is 2. The van der Waals surface area contributed by atoms with E-state index in [4.69, 9.17) is 21.1 Å². The number of hydrogen-bond acceptors (Lipinski definition) is 5. The van der Waals surface area contributed by atoms with Crippen LogP contribution in [-0.4, -0.2) is 60.1 Å². The zero-order valence-corrected chi connectivity index (χ0v) is 16.5. The number of amides is 1. The van der Waals surface area contributed by atoms with Gasteiger partial charge in [-0.1, -0.05) is 23.7 Å². The van der Waals surface area contributed by atoms with Crippen LogP contribution in [0, 0.1) is 0 Å². The summed E-state index contributed by atoms with van der Waals surface area (Å²) in [6.45, 7) is 7.51. The molecule has 1 saturated heterocycles. The first-order chi connectivity index (χ1) is 12.2. The number of aliphatic hydroxyl groups is 1. The molecule has 1 heterocycles.